The summed E-state index contributed by atoms with van der Waals surface area (Å²) in [4.78, 5) is 17.5. The maximum atomic E-state index is 12.8. The van der Waals surface area contributed by atoms with Gasteiger partial charge in [-0.3, -0.25) is 4.79 Å². The Labute approximate surface area is 194 Å². The molecule has 0 fully saturated rings. The molecule has 0 aliphatic rings. The standard InChI is InChI=1S/C28H30N2O3/c1-4-6-15-32-24-12-8-9-21(17-24)27(31)29-23-11-7-10-22(16-23)28-30-25-18-20(19(3)5-2)13-14-26(25)33-28/h7-14,16-19H,4-6,15H2,1-3H3,(H,29,31)/t19-/m0/s1. The van der Waals surface area contributed by atoms with Crippen molar-refractivity contribution in [3.63, 3.8) is 0 Å². The minimum atomic E-state index is -0.191. The summed E-state index contributed by atoms with van der Waals surface area (Å²) in [5.41, 5.74) is 4.90. The monoisotopic (exact) mass is 442 g/mol. The lowest BCUT2D eigenvalue weighted by Crippen LogP contribution is -2.12. The van der Waals surface area contributed by atoms with Gasteiger partial charge in [-0.25, -0.2) is 4.98 Å². The van der Waals surface area contributed by atoms with E-state index in [2.05, 4.69) is 43.2 Å². The number of ether oxygens (including phenoxy) is 1. The predicted octanol–water partition coefficient (Wildman–Crippen LogP) is 7.44. The molecule has 4 rings (SSSR count). The van der Waals surface area contributed by atoms with E-state index in [9.17, 15) is 4.79 Å². The highest BCUT2D eigenvalue weighted by molar-refractivity contribution is 6.04. The highest BCUT2D eigenvalue weighted by Crippen LogP contribution is 2.29. The number of carbonyl (C=O) groups excluding carboxylic acids is 1. The van der Waals surface area contributed by atoms with Gasteiger partial charge in [-0.1, -0.05) is 45.4 Å². The van der Waals surface area contributed by atoms with Gasteiger partial charge in [-0.05, 0) is 72.9 Å². The zero-order valence-electron chi connectivity index (χ0n) is 19.4. The van der Waals surface area contributed by atoms with Gasteiger partial charge in [0.05, 0.1) is 6.61 Å². The topological polar surface area (TPSA) is 64.4 Å². The largest absolute Gasteiger partial charge is 0.494 e. The first-order chi connectivity index (χ1) is 16.1. The smallest absolute Gasteiger partial charge is 0.255 e. The van der Waals surface area contributed by atoms with E-state index >= 15 is 0 Å². The van der Waals surface area contributed by atoms with Crippen LogP contribution in [0.25, 0.3) is 22.6 Å². The van der Waals surface area contributed by atoms with E-state index in [0.717, 1.165) is 35.9 Å². The number of fused-ring (bicyclic) bond motifs is 1. The molecule has 33 heavy (non-hydrogen) atoms. The Morgan fingerprint density at radius 1 is 1.06 bits per heavy atom. The average molecular weight is 443 g/mol. The molecule has 1 aromatic heterocycles. The van der Waals surface area contributed by atoms with E-state index < -0.39 is 0 Å². The number of benzene rings is 3. The van der Waals surface area contributed by atoms with E-state index in [1.165, 1.54) is 5.56 Å². The van der Waals surface area contributed by atoms with Crippen LogP contribution in [0.2, 0.25) is 0 Å². The highest BCUT2D eigenvalue weighted by Gasteiger charge is 2.13. The first kappa shape index (κ1) is 22.6. The number of nitrogens with zero attached hydrogens (tertiary/aromatic N) is 1. The maximum Gasteiger partial charge on any atom is 0.255 e. The summed E-state index contributed by atoms with van der Waals surface area (Å²) in [5.74, 6) is 1.52. The quantitative estimate of drug-likeness (QED) is 0.274. The minimum absolute atomic E-state index is 0.191. The number of rotatable bonds is 9. The number of unbranched alkanes of at least 4 members (excludes halogenated alkanes) is 1. The van der Waals surface area contributed by atoms with Crippen molar-refractivity contribution in [1.82, 2.24) is 4.98 Å². The van der Waals surface area contributed by atoms with E-state index in [0.29, 0.717) is 35.4 Å². The van der Waals surface area contributed by atoms with Crippen LogP contribution < -0.4 is 10.1 Å². The lowest BCUT2D eigenvalue weighted by Gasteiger charge is -2.09. The van der Waals surface area contributed by atoms with Crippen LogP contribution in [-0.2, 0) is 0 Å². The van der Waals surface area contributed by atoms with Crippen molar-refractivity contribution in [2.75, 3.05) is 11.9 Å². The molecule has 0 saturated carbocycles. The Bertz CT molecular complexity index is 1240. The Kier molecular flexibility index (Phi) is 7.08. The maximum absolute atomic E-state index is 12.8. The second kappa shape index (κ2) is 10.3. The van der Waals surface area contributed by atoms with Gasteiger partial charge in [-0.2, -0.15) is 0 Å². The van der Waals surface area contributed by atoms with Crippen LogP contribution in [0.1, 0.15) is 61.9 Å². The second-order valence-corrected chi connectivity index (χ2v) is 8.32. The third-order valence-electron chi connectivity index (χ3n) is 5.82. The van der Waals surface area contributed by atoms with E-state index in [-0.39, 0.29) is 5.91 Å². The zero-order chi connectivity index (χ0) is 23.2. The fraction of sp³-hybridized carbons (Fsp3) is 0.286. The molecule has 170 valence electrons. The number of amides is 1. The average Bonchev–Trinajstić information content (AvgIpc) is 3.28. The second-order valence-electron chi connectivity index (χ2n) is 8.32. The first-order valence-electron chi connectivity index (χ1n) is 11.6. The minimum Gasteiger partial charge on any atom is -0.494 e. The van der Waals surface area contributed by atoms with Crippen molar-refractivity contribution < 1.29 is 13.9 Å². The first-order valence-corrected chi connectivity index (χ1v) is 11.6. The molecule has 0 aliphatic carbocycles. The van der Waals surface area contributed by atoms with Gasteiger partial charge in [0, 0.05) is 16.8 Å². The Balaban J connectivity index is 1.51. The SMILES string of the molecule is CCCCOc1cccc(C(=O)Nc2cccc(-c3nc4cc([C@@H](C)CC)ccc4o3)c2)c1. The number of hydrogen-bond acceptors (Lipinski definition) is 4. The number of oxazole rings is 1. The molecule has 5 nitrogen and oxygen atoms in total. The number of anilines is 1. The Morgan fingerprint density at radius 2 is 1.91 bits per heavy atom. The number of nitrogens with one attached hydrogen (secondary N) is 1. The molecule has 0 radical (unpaired) electrons. The predicted molar refractivity (Wildman–Crippen MR) is 133 cm³/mol. The number of aromatic nitrogens is 1. The molecule has 1 N–H and O–H groups in total. The van der Waals surface area contributed by atoms with Crippen LogP contribution >= 0.6 is 0 Å². The van der Waals surface area contributed by atoms with Crippen molar-refractivity contribution in [1.29, 1.82) is 0 Å². The molecular weight excluding hydrogens is 412 g/mol. The molecule has 1 amide bonds. The summed E-state index contributed by atoms with van der Waals surface area (Å²) in [6, 6.07) is 21.0. The lowest BCUT2D eigenvalue weighted by atomic mass is 9.98. The third-order valence-corrected chi connectivity index (χ3v) is 5.82. The van der Waals surface area contributed by atoms with Crippen molar-refractivity contribution in [3.05, 3.63) is 77.9 Å². The summed E-state index contributed by atoms with van der Waals surface area (Å²) in [7, 11) is 0. The van der Waals surface area contributed by atoms with Crippen LogP contribution in [0.5, 0.6) is 5.75 Å². The normalized spacial score (nSPS) is 12.0. The summed E-state index contributed by atoms with van der Waals surface area (Å²) in [6.45, 7) is 7.15. The van der Waals surface area contributed by atoms with Gasteiger partial charge in [0.1, 0.15) is 11.3 Å². The lowest BCUT2D eigenvalue weighted by molar-refractivity contribution is 0.102. The molecule has 0 unspecified atom stereocenters. The van der Waals surface area contributed by atoms with Crippen LogP contribution in [0.15, 0.2) is 71.1 Å². The van der Waals surface area contributed by atoms with Gasteiger partial charge in [0.2, 0.25) is 5.89 Å². The van der Waals surface area contributed by atoms with E-state index in [4.69, 9.17) is 9.15 Å². The van der Waals surface area contributed by atoms with Crippen LogP contribution in [0.3, 0.4) is 0 Å². The Morgan fingerprint density at radius 3 is 2.73 bits per heavy atom. The number of carbonyl (C=O) groups is 1. The van der Waals surface area contributed by atoms with Gasteiger partial charge < -0.3 is 14.5 Å². The molecule has 1 heterocycles. The molecule has 1 atom stereocenters. The van der Waals surface area contributed by atoms with Crippen LogP contribution in [0, 0.1) is 0 Å². The van der Waals surface area contributed by atoms with Crippen molar-refractivity contribution in [3.8, 4) is 17.2 Å². The summed E-state index contributed by atoms with van der Waals surface area (Å²) < 4.78 is 11.7. The summed E-state index contributed by atoms with van der Waals surface area (Å²) in [5, 5.41) is 2.96. The third kappa shape index (κ3) is 5.43. The molecule has 5 heteroatoms. The highest BCUT2D eigenvalue weighted by atomic mass is 16.5. The number of hydrogen-bond donors (Lipinski definition) is 1. The molecule has 3 aromatic carbocycles. The fourth-order valence-corrected chi connectivity index (χ4v) is 3.60. The van der Waals surface area contributed by atoms with E-state index in [1.807, 2.05) is 42.5 Å². The van der Waals surface area contributed by atoms with Crippen LogP contribution in [-0.4, -0.2) is 17.5 Å². The van der Waals surface area contributed by atoms with Gasteiger partial charge >= 0.3 is 0 Å². The Hall–Kier alpha value is -3.60. The van der Waals surface area contributed by atoms with Crippen LogP contribution in [0.4, 0.5) is 5.69 Å². The van der Waals surface area contributed by atoms with Crippen molar-refractivity contribution >= 4 is 22.7 Å². The molecule has 4 aromatic rings. The zero-order valence-corrected chi connectivity index (χ0v) is 19.4. The fourth-order valence-electron chi connectivity index (χ4n) is 3.60. The molecule has 0 aliphatic heterocycles. The van der Waals surface area contributed by atoms with Gasteiger partial charge in [0.15, 0.2) is 5.58 Å². The molecule has 0 spiro atoms. The van der Waals surface area contributed by atoms with Crippen molar-refractivity contribution in [2.24, 2.45) is 0 Å². The molecule has 0 saturated heterocycles. The summed E-state index contributed by atoms with van der Waals surface area (Å²) in [6.07, 6.45) is 3.12. The van der Waals surface area contributed by atoms with Crippen molar-refractivity contribution in [2.45, 2.75) is 46.0 Å². The van der Waals surface area contributed by atoms with Gasteiger partial charge in [-0.15, -0.1) is 0 Å². The molecule has 0 bridgehead atoms. The van der Waals surface area contributed by atoms with Gasteiger partial charge in [0.25, 0.3) is 5.91 Å². The van der Waals surface area contributed by atoms with E-state index in [1.54, 1.807) is 12.1 Å². The molecular formula is C28H30N2O3. The summed E-state index contributed by atoms with van der Waals surface area (Å²) >= 11 is 0.